The Balaban J connectivity index is 2.46. The summed E-state index contributed by atoms with van der Waals surface area (Å²) in [5.41, 5.74) is 0. The van der Waals surface area contributed by atoms with Crippen molar-refractivity contribution in [2.24, 2.45) is 11.8 Å². The molecule has 0 bridgehead atoms. The van der Waals surface area contributed by atoms with Crippen molar-refractivity contribution in [2.45, 2.75) is 39.7 Å². The smallest absolute Gasteiger partial charge is 0.317 e. The van der Waals surface area contributed by atoms with Crippen molar-refractivity contribution in [2.75, 3.05) is 33.2 Å². The summed E-state index contributed by atoms with van der Waals surface area (Å²) in [7, 11) is 2.05. The SMILES string of the molecule is CC(C)C[C@H](CNC(=O)N1CCN(C)CC1C)CC(=O)O. The summed E-state index contributed by atoms with van der Waals surface area (Å²) in [4.78, 5) is 27.2. The van der Waals surface area contributed by atoms with Crippen LogP contribution in [-0.2, 0) is 4.79 Å². The molecule has 1 aliphatic rings. The van der Waals surface area contributed by atoms with Crippen LogP contribution in [0.2, 0.25) is 0 Å². The normalized spacial score (nSPS) is 21.4. The van der Waals surface area contributed by atoms with Gasteiger partial charge in [-0.1, -0.05) is 13.8 Å². The summed E-state index contributed by atoms with van der Waals surface area (Å²) in [5, 5.41) is 11.9. The highest BCUT2D eigenvalue weighted by atomic mass is 16.4. The highest BCUT2D eigenvalue weighted by Gasteiger charge is 2.26. The number of urea groups is 1. The molecule has 0 saturated carbocycles. The number of hydrogen-bond acceptors (Lipinski definition) is 3. The maximum Gasteiger partial charge on any atom is 0.317 e. The average Bonchev–Trinajstić information content (AvgIpc) is 2.34. The summed E-state index contributed by atoms with van der Waals surface area (Å²) >= 11 is 0. The number of rotatable bonds is 6. The zero-order valence-corrected chi connectivity index (χ0v) is 13.6. The zero-order chi connectivity index (χ0) is 16.0. The van der Waals surface area contributed by atoms with E-state index in [0.717, 1.165) is 26.1 Å². The lowest BCUT2D eigenvalue weighted by molar-refractivity contribution is -0.138. The van der Waals surface area contributed by atoms with Gasteiger partial charge < -0.3 is 20.2 Å². The molecule has 2 N–H and O–H groups in total. The van der Waals surface area contributed by atoms with E-state index < -0.39 is 5.97 Å². The highest BCUT2D eigenvalue weighted by molar-refractivity contribution is 5.74. The van der Waals surface area contributed by atoms with Gasteiger partial charge >= 0.3 is 12.0 Å². The molecule has 0 aromatic carbocycles. The molecule has 1 unspecified atom stereocenters. The Labute approximate surface area is 127 Å². The standard InChI is InChI=1S/C15H29N3O3/c1-11(2)7-13(8-14(19)20)9-16-15(21)18-6-5-17(4)10-12(18)3/h11-13H,5-10H2,1-4H3,(H,16,21)(H,19,20)/t12?,13-/m0/s1. The van der Waals surface area contributed by atoms with Gasteiger partial charge in [0.15, 0.2) is 0 Å². The highest BCUT2D eigenvalue weighted by Crippen LogP contribution is 2.15. The van der Waals surface area contributed by atoms with Crippen LogP contribution in [0.15, 0.2) is 0 Å². The Morgan fingerprint density at radius 2 is 2.00 bits per heavy atom. The van der Waals surface area contributed by atoms with Crippen molar-refractivity contribution in [1.82, 2.24) is 15.1 Å². The number of piperazine rings is 1. The first kappa shape index (κ1) is 17.8. The fraction of sp³-hybridized carbons (Fsp3) is 0.867. The first-order valence-corrected chi connectivity index (χ1v) is 7.74. The van der Waals surface area contributed by atoms with Gasteiger partial charge in [0.05, 0.1) is 0 Å². The third kappa shape index (κ3) is 6.33. The minimum atomic E-state index is -0.803. The molecule has 2 amide bonds. The second kappa shape index (κ2) is 8.22. The minimum absolute atomic E-state index is 0.00535. The number of nitrogens with zero attached hydrogens (tertiary/aromatic N) is 2. The molecule has 6 nitrogen and oxygen atoms in total. The number of carboxylic acid groups (broad SMARTS) is 1. The Morgan fingerprint density at radius 3 is 2.52 bits per heavy atom. The van der Waals surface area contributed by atoms with E-state index in [9.17, 15) is 9.59 Å². The first-order chi connectivity index (χ1) is 9.79. The molecule has 0 radical (unpaired) electrons. The molecule has 1 aliphatic heterocycles. The summed E-state index contributed by atoms with van der Waals surface area (Å²) < 4.78 is 0. The average molecular weight is 299 g/mol. The number of carbonyl (C=O) groups excluding carboxylic acids is 1. The lowest BCUT2D eigenvalue weighted by Crippen LogP contribution is -2.56. The number of carboxylic acids is 1. The molecule has 1 heterocycles. The predicted octanol–water partition coefficient (Wildman–Crippen LogP) is 1.47. The Kier molecular flexibility index (Phi) is 6.95. The van der Waals surface area contributed by atoms with Crippen molar-refractivity contribution in [3.05, 3.63) is 0 Å². The van der Waals surface area contributed by atoms with Crippen LogP contribution in [0.1, 0.15) is 33.6 Å². The Bertz CT molecular complexity index is 360. The van der Waals surface area contributed by atoms with E-state index in [-0.39, 0.29) is 24.4 Å². The van der Waals surface area contributed by atoms with E-state index in [1.807, 2.05) is 11.8 Å². The van der Waals surface area contributed by atoms with Crippen LogP contribution in [0.3, 0.4) is 0 Å². The summed E-state index contributed by atoms with van der Waals surface area (Å²) in [6, 6.07) is 0.113. The van der Waals surface area contributed by atoms with Crippen LogP contribution in [0, 0.1) is 11.8 Å². The van der Waals surface area contributed by atoms with E-state index in [0.29, 0.717) is 12.5 Å². The van der Waals surface area contributed by atoms with Crippen LogP contribution in [0.4, 0.5) is 4.79 Å². The van der Waals surface area contributed by atoms with Crippen molar-refractivity contribution in [3.8, 4) is 0 Å². The molecule has 2 atom stereocenters. The molecule has 1 rings (SSSR count). The van der Waals surface area contributed by atoms with E-state index in [1.54, 1.807) is 0 Å². The van der Waals surface area contributed by atoms with Crippen LogP contribution in [-0.4, -0.2) is 66.2 Å². The number of aliphatic carboxylic acids is 1. The number of likely N-dealkylation sites (N-methyl/N-ethyl adjacent to an activating group) is 1. The molecule has 21 heavy (non-hydrogen) atoms. The summed E-state index contributed by atoms with van der Waals surface area (Å²) in [6.07, 6.45) is 0.918. The van der Waals surface area contributed by atoms with Crippen molar-refractivity contribution >= 4 is 12.0 Å². The minimum Gasteiger partial charge on any atom is -0.481 e. The van der Waals surface area contributed by atoms with E-state index in [2.05, 4.69) is 31.1 Å². The van der Waals surface area contributed by atoms with Crippen molar-refractivity contribution in [3.63, 3.8) is 0 Å². The van der Waals surface area contributed by atoms with Gasteiger partial charge in [0.2, 0.25) is 0 Å². The van der Waals surface area contributed by atoms with Gasteiger partial charge in [-0.25, -0.2) is 4.79 Å². The number of amides is 2. The lowest BCUT2D eigenvalue weighted by atomic mass is 9.94. The first-order valence-electron chi connectivity index (χ1n) is 7.74. The van der Waals surface area contributed by atoms with E-state index in [1.165, 1.54) is 0 Å². The molecule has 1 saturated heterocycles. The molecule has 6 heteroatoms. The predicted molar refractivity (Wildman–Crippen MR) is 82.3 cm³/mol. The van der Waals surface area contributed by atoms with Gasteiger partial charge in [-0.15, -0.1) is 0 Å². The largest absolute Gasteiger partial charge is 0.481 e. The molecule has 0 aromatic heterocycles. The third-order valence-electron chi connectivity index (χ3n) is 3.90. The van der Waals surface area contributed by atoms with E-state index in [4.69, 9.17) is 5.11 Å². The van der Waals surface area contributed by atoms with Crippen molar-refractivity contribution in [1.29, 1.82) is 0 Å². The monoisotopic (exact) mass is 299 g/mol. The maximum atomic E-state index is 12.2. The van der Waals surface area contributed by atoms with Crippen LogP contribution >= 0.6 is 0 Å². The van der Waals surface area contributed by atoms with Gasteiger partial charge in [-0.3, -0.25) is 4.79 Å². The Morgan fingerprint density at radius 1 is 1.33 bits per heavy atom. The van der Waals surface area contributed by atoms with E-state index >= 15 is 0 Å². The second-order valence-corrected chi connectivity index (χ2v) is 6.58. The number of nitrogens with one attached hydrogen (secondary N) is 1. The summed E-state index contributed by atoms with van der Waals surface area (Å²) in [5.74, 6) is -0.383. The maximum absolute atomic E-state index is 12.2. The van der Waals surface area contributed by atoms with Crippen LogP contribution < -0.4 is 5.32 Å². The molecule has 1 fully saturated rings. The third-order valence-corrected chi connectivity index (χ3v) is 3.90. The van der Waals surface area contributed by atoms with Crippen LogP contribution in [0.25, 0.3) is 0 Å². The second-order valence-electron chi connectivity index (χ2n) is 6.58. The van der Waals surface area contributed by atoms with Gasteiger partial charge in [0.25, 0.3) is 0 Å². The summed E-state index contributed by atoms with van der Waals surface area (Å²) in [6.45, 7) is 9.08. The number of carbonyl (C=O) groups is 2. The fourth-order valence-electron chi connectivity index (χ4n) is 2.93. The fourth-order valence-corrected chi connectivity index (χ4v) is 2.93. The molecular formula is C15H29N3O3. The lowest BCUT2D eigenvalue weighted by Gasteiger charge is -2.38. The molecule has 122 valence electrons. The molecule has 0 spiro atoms. The van der Waals surface area contributed by atoms with Gasteiger partial charge in [0.1, 0.15) is 0 Å². The van der Waals surface area contributed by atoms with Gasteiger partial charge in [-0.05, 0) is 32.2 Å². The molecular weight excluding hydrogens is 270 g/mol. The zero-order valence-electron chi connectivity index (χ0n) is 13.6. The van der Waals surface area contributed by atoms with Gasteiger partial charge in [-0.2, -0.15) is 0 Å². The van der Waals surface area contributed by atoms with Crippen LogP contribution in [0.5, 0.6) is 0 Å². The van der Waals surface area contributed by atoms with Crippen molar-refractivity contribution < 1.29 is 14.7 Å². The molecule has 0 aliphatic carbocycles. The quantitative estimate of drug-likeness (QED) is 0.779. The number of hydrogen-bond donors (Lipinski definition) is 2. The molecule has 0 aromatic rings. The topological polar surface area (TPSA) is 72.9 Å². The van der Waals surface area contributed by atoms with Gasteiger partial charge in [0, 0.05) is 38.6 Å². The Hall–Kier alpha value is -1.30.